The SMILES string of the molecule is CCNC(=NCCCCCOC)NCCc1ccc(Cl)cc1.I. The maximum Gasteiger partial charge on any atom is 0.191 e. The van der Waals surface area contributed by atoms with Gasteiger partial charge in [-0.3, -0.25) is 4.99 Å². The molecule has 1 rings (SSSR count). The van der Waals surface area contributed by atoms with Crippen LogP contribution in [0.15, 0.2) is 29.3 Å². The fourth-order valence-corrected chi connectivity index (χ4v) is 2.17. The van der Waals surface area contributed by atoms with E-state index in [4.69, 9.17) is 16.3 Å². The van der Waals surface area contributed by atoms with Crippen molar-refractivity contribution in [3.05, 3.63) is 34.9 Å². The Morgan fingerprint density at radius 2 is 1.87 bits per heavy atom. The van der Waals surface area contributed by atoms with E-state index in [0.717, 1.165) is 62.9 Å². The second-order valence-corrected chi connectivity index (χ2v) is 5.55. The fraction of sp³-hybridized carbons (Fsp3) is 0.588. The number of ether oxygens (including phenoxy) is 1. The van der Waals surface area contributed by atoms with E-state index in [1.165, 1.54) is 5.56 Å². The maximum atomic E-state index is 5.89. The molecule has 4 nitrogen and oxygen atoms in total. The van der Waals surface area contributed by atoms with Gasteiger partial charge in [-0.1, -0.05) is 23.7 Å². The van der Waals surface area contributed by atoms with Crippen molar-refractivity contribution in [3.63, 3.8) is 0 Å². The lowest BCUT2D eigenvalue weighted by molar-refractivity contribution is 0.192. The van der Waals surface area contributed by atoms with Gasteiger partial charge in [0.25, 0.3) is 0 Å². The van der Waals surface area contributed by atoms with Gasteiger partial charge in [0.15, 0.2) is 5.96 Å². The van der Waals surface area contributed by atoms with E-state index in [0.29, 0.717) is 0 Å². The van der Waals surface area contributed by atoms with Crippen LogP contribution >= 0.6 is 35.6 Å². The Bertz CT molecular complexity index is 426. The summed E-state index contributed by atoms with van der Waals surface area (Å²) < 4.78 is 5.04. The molecule has 132 valence electrons. The highest BCUT2D eigenvalue weighted by Crippen LogP contribution is 2.09. The molecule has 1 aromatic rings. The predicted molar refractivity (Wildman–Crippen MR) is 110 cm³/mol. The van der Waals surface area contributed by atoms with E-state index in [2.05, 4.69) is 34.7 Å². The Morgan fingerprint density at radius 1 is 1.13 bits per heavy atom. The number of halogens is 2. The Balaban J connectivity index is 0.00000484. The van der Waals surface area contributed by atoms with E-state index >= 15 is 0 Å². The number of aliphatic imine (C=N–C) groups is 1. The van der Waals surface area contributed by atoms with Crippen LogP contribution in [-0.4, -0.2) is 39.3 Å². The van der Waals surface area contributed by atoms with Crippen LogP contribution in [0, 0.1) is 0 Å². The van der Waals surface area contributed by atoms with E-state index in [1.807, 2.05) is 12.1 Å². The average molecular weight is 454 g/mol. The van der Waals surface area contributed by atoms with Crippen molar-refractivity contribution < 1.29 is 4.74 Å². The van der Waals surface area contributed by atoms with Crippen molar-refractivity contribution in [2.45, 2.75) is 32.6 Å². The summed E-state index contributed by atoms with van der Waals surface area (Å²) in [6.45, 7) is 5.49. The lowest BCUT2D eigenvalue weighted by Crippen LogP contribution is -2.38. The maximum absolute atomic E-state index is 5.89. The topological polar surface area (TPSA) is 45.7 Å². The van der Waals surface area contributed by atoms with Crippen molar-refractivity contribution in [1.82, 2.24) is 10.6 Å². The van der Waals surface area contributed by atoms with Crippen LogP contribution < -0.4 is 10.6 Å². The summed E-state index contributed by atoms with van der Waals surface area (Å²) in [7, 11) is 1.74. The summed E-state index contributed by atoms with van der Waals surface area (Å²) in [6, 6.07) is 7.97. The molecule has 0 bridgehead atoms. The molecule has 0 aliphatic rings. The van der Waals surface area contributed by atoms with Gasteiger partial charge in [0.05, 0.1) is 0 Å². The molecule has 23 heavy (non-hydrogen) atoms. The van der Waals surface area contributed by atoms with Crippen molar-refractivity contribution >= 4 is 41.5 Å². The minimum Gasteiger partial charge on any atom is -0.385 e. The summed E-state index contributed by atoms with van der Waals surface area (Å²) in [5.74, 6) is 0.892. The highest BCUT2D eigenvalue weighted by Gasteiger charge is 1.98. The predicted octanol–water partition coefficient (Wildman–Crippen LogP) is 3.87. The van der Waals surface area contributed by atoms with E-state index < -0.39 is 0 Å². The molecular formula is C17H29ClIN3O. The standard InChI is InChI=1S/C17H28ClN3O.HI/c1-3-19-17(20-12-5-4-6-14-22-2)21-13-11-15-7-9-16(18)10-8-15;/h7-10H,3-6,11-14H2,1-2H3,(H2,19,20,21);1H. The molecule has 0 saturated heterocycles. The molecule has 0 fully saturated rings. The zero-order valence-electron chi connectivity index (χ0n) is 14.1. The van der Waals surface area contributed by atoms with Gasteiger partial charge in [-0.2, -0.15) is 0 Å². The Morgan fingerprint density at radius 3 is 2.52 bits per heavy atom. The van der Waals surface area contributed by atoms with Crippen LogP contribution in [0.2, 0.25) is 5.02 Å². The Labute approximate surface area is 162 Å². The highest BCUT2D eigenvalue weighted by molar-refractivity contribution is 14.0. The molecule has 0 aromatic heterocycles. The second-order valence-electron chi connectivity index (χ2n) is 5.12. The first kappa shape index (κ1) is 22.5. The number of nitrogens with zero attached hydrogens (tertiary/aromatic N) is 1. The normalized spacial score (nSPS) is 11.0. The van der Waals surface area contributed by atoms with Gasteiger partial charge in [-0.15, -0.1) is 24.0 Å². The van der Waals surface area contributed by atoms with Gasteiger partial charge in [-0.25, -0.2) is 0 Å². The third-order valence-electron chi connectivity index (χ3n) is 3.24. The molecular weight excluding hydrogens is 425 g/mol. The van der Waals surface area contributed by atoms with Crippen molar-refractivity contribution in [1.29, 1.82) is 0 Å². The molecule has 6 heteroatoms. The van der Waals surface area contributed by atoms with Gasteiger partial charge in [0.2, 0.25) is 0 Å². The number of nitrogens with one attached hydrogen (secondary N) is 2. The molecule has 0 atom stereocenters. The van der Waals surface area contributed by atoms with Gasteiger partial charge in [0.1, 0.15) is 0 Å². The summed E-state index contributed by atoms with van der Waals surface area (Å²) in [6.07, 6.45) is 4.31. The Kier molecular flexibility index (Phi) is 14.7. The van der Waals surface area contributed by atoms with Gasteiger partial charge in [-0.05, 0) is 50.3 Å². The summed E-state index contributed by atoms with van der Waals surface area (Å²) >= 11 is 5.89. The molecule has 0 aliphatic heterocycles. The monoisotopic (exact) mass is 453 g/mol. The average Bonchev–Trinajstić information content (AvgIpc) is 2.52. The lowest BCUT2D eigenvalue weighted by atomic mass is 10.1. The van der Waals surface area contributed by atoms with Gasteiger partial charge < -0.3 is 15.4 Å². The molecule has 0 heterocycles. The fourth-order valence-electron chi connectivity index (χ4n) is 2.04. The van der Waals surface area contributed by atoms with Gasteiger partial charge >= 0.3 is 0 Å². The van der Waals surface area contributed by atoms with E-state index in [9.17, 15) is 0 Å². The first-order valence-corrected chi connectivity index (χ1v) is 8.39. The van der Waals surface area contributed by atoms with Crippen LogP contribution in [-0.2, 0) is 11.2 Å². The summed E-state index contributed by atoms with van der Waals surface area (Å²) in [5.41, 5.74) is 1.27. The van der Waals surface area contributed by atoms with Crippen molar-refractivity contribution in [3.8, 4) is 0 Å². The molecule has 0 radical (unpaired) electrons. The highest BCUT2D eigenvalue weighted by atomic mass is 127. The molecule has 0 saturated carbocycles. The number of methoxy groups -OCH3 is 1. The molecule has 0 spiro atoms. The second kappa shape index (κ2) is 15.0. The smallest absolute Gasteiger partial charge is 0.191 e. The number of unbranched alkanes of at least 4 members (excludes halogenated alkanes) is 2. The number of rotatable bonds is 10. The summed E-state index contributed by atoms with van der Waals surface area (Å²) in [5, 5.41) is 7.42. The minimum atomic E-state index is 0. The number of hydrogen-bond acceptors (Lipinski definition) is 2. The quantitative estimate of drug-likeness (QED) is 0.245. The largest absolute Gasteiger partial charge is 0.385 e. The van der Waals surface area contributed by atoms with E-state index in [1.54, 1.807) is 7.11 Å². The van der Waals surface area contributed by atoms with E-state index in [-0.39, 0.29) is 24.0 Å². The van der Waals surface area contributed by atoms with Crippen LogP contribution in [0.1, 0.15) is 31.7 Å². The lowest BCUT2D eigenvalue weighted by Gasteiger charge is -2.11. The zero-order valence-corrected chi connectivity index (χ0v) is 17.2. The van der Waals surface area contributed by atoms with Crippen LogP contribution in [0.25, 0.3) is 0 Å². The third-order valence-corrected chi connectivity index (χ3v) is 3.49. The molecule has 0 aliphatic carbocycles. The molecule has 0 unspecified atom stereocenters. The first-order valence-electron chi connectivity index (χ1n) is 8.01. The van der Waals surface area contributed by atoms with Crippen LogP contribution in [0.4, 0.5) is 0 Å². The molecule has 0 amide bonds. The summed E-state index contributed by atoms with van der Waals surface area (Å²) in [4.78, 5) is 4.59. The third kappa shape index (κ3) is 11.6. The van der Waals surface area contributed by atoms with Crippen molar-refractivity contribution in [2.75, 3.05) is 33.4 Å². The molecule has 2 N–H and O–H groups in total. The molecule has 1 aromatic carbocycles. The van der Waals surface area contributed by atoms with Crippen LogP contribution in [0.5, 0.6) is 0 Å². The Hall–Kier alpha value is -0.530. The van der Waals surface area contributed by atoms with Crippen LogP contribution in [0.3, 0.4) is 0 Å². The minimum absolute atomic E-state index is 0. The zero-order chi connectivity index (χ0) is 16.0. The van der Waals surface area contributed by atoms with Crippen molar-refractivity contribution in [2.24, 2.45) is 4.99 Å². The van der Waals surface area contributed by atoms with Gasteiger partial charge in [0, 0.05) is 38.4 Å². The number of hydrogen-bond donors (Lipinski definition) is 2. The number of benzene rings is 1. The number of guanidine groups is 1. The first-order chi connectivity index (χ1) is 10.8.